The number of hydrogen-bond acceptors (Lipinski definition) is 5. The summed E-state index contributed by atoms with van der Waals surface area (Å²) in [6.45, 7) is 1.73. The van der Waals surface area contributed by atoms with Crippen LogP contribution in [0.15, 0.2) is 16.8 Å². The van der Waals surface area contributed by atoms with Crippen LogP contribution in [-0.2, 0) is 0 Å². The molecule has 0 aliphatic rings. The van der Waals surface area contributed by atoms with E-state index >= 15 is 0 Å². The van der Waals surface area contributed by atoms with Gasteiger partial charge in [0.15, 0.2) is 11.5 Å². The maximum atomic E-state index is 10.5. The monoisotopic (exact) mass is 194 g/mol. The highest BCUT2D eigenvalue weighted by molar-refractivity contribution is 5.84. The van der Waals surface area contributed by atoms with E-state index in [1.54, 1.807) is 13.0 Å². The van der Waals surface area contributed by atoms with Crippen LogP contribution in [0.1, 0.15) is 16.2 Å². The zero-order valence-corrected chi connectivity index (χ0v) is 7.21. The van der Waals surface area contributed by atoms with Crippen molar-refractivity contribution in [1.29, 1.82) is 0 Å². The highest BCUT2D eigenvalue weighted by Gasteiger charge is 2.11. The Morgan fingerprint density at radius 3 is 2.93 bits per heavy atom. The third-order valence-electron chi connectivity index (χ3n) is 1.56. The summed E-state index contributed by atoms with van der Waals surface area (Å²) in [7, 11) is 0. The molecule has 72 valence electrons. The van der Waals surface area contributed by atoms with E-state index in [1.807, 2.05) is 0 Å². The lowest BCUT2D eigenvalue weighted by Gasteiger charge is -1.87. The largest absolute Gasteiger partial charge is 0.476 e. The van der Waals surface area contributed by atoms with Crippen LogP contribution in [0.25, 0.3) is 5.82 Å². The van der Waals surface area contributed by atoms with Crippen molar-refractivity contribution in [2.45, 2.75) is 6.92 Å². The fourth-order valence-corrected chi connectivity index (χ4v) is 0.935. The Hall–Kier alpha value is -2.18. The molecular formula is C7H6N4O3. The molecule has 0 saturated heterocycles. The predicted octanol–water partition coefficient (Wildman–Crippen LogP) is 0.262. The van der Waals surface area contributed by atoms with Crippen molar-refractivity contribution in [3.05, 3.63) is 23.7 Å². The second-order valence-corrected chi connectivity index (χ2v) is 2.65. The summed E-state index contributed by atoms with van der Waals surface area (Å²) in [6.07, 6.45) is 1.26. The van der Waals surface area contributed by atoms with Gasteiger partial charge in [-0.1, -0.05) is 10.4 Å². The van der Waals surface area contributed by atoms with Crippen molar-refractivity contribution in [3.8, 4) is 5.82 Å². The van der Waals surface area contributed by atoms with E-state index in [4.69, 9.17) is 9.63 Å². The highest BCUT2D eigenvalue weighted by atomic mass is 16.5. The van der Waals surface area contributed by atoms with E-state index in [2.05, 4.69) is 15.5 Å². The number of carboxylic acid groups (broad SMARTS) is 1. The van der Waals surface area contributed by atoms with Gasteiger partial charge in [-0.2, -0.15) is 4.68 Å². The second-order valence-electron chi connectivity index (χ2n) is 2.65. The summed E-state index contributed by atoms with van der Waals surface area (Å²) in [4.78, 5) is 10.5. The Labute approximate surface area is 77.9 Å². The van der Waals surface area contributed by atoms with Crippen LogP contribution in [0.3, 0.4) is 0 Å². The molecule has 0 aliphatic heterocycles. The van der Waals surface area contributed by atoms with Crippen molar-refractivity contribution < 1.29 is 14.4 Å². The van der Waals surface area contributed by atoms with Crippen LogP contribution in [0, 0.1) is 6.92 Å². The van der Waals surface area contributed by atoms with Gasteiger partial charge in [0.1, 0.15) is 5.76 Å². The maximum absolute atomic E-state index is 10.5. The minimum atomic E-state index is -1.13. The average Bonchev–Trinajstić information content (AvgIpc) is 2.70. The molecule has 0 aliphatic carbocycles. The summed E-state index contributed by atoms with van der Waals surface area (Å²) in [5, 5.41) is 19.3. The first-order valence-corrected chi connectivity index (χ1v) is 3.76. The highest BCUT2D eigenvalue weighted by Crippen LogP contribution is 2.06. The first-order chi connectivity index (χ1) is 6.66. The summed E-state index contributed by atoms with van der Waals surface area (Å²) in [5.74, 6) is -0.105. The van der Waals surface area contributed by atoms with Crippen molar-refractivity contribution >= 4 is 5.97 Å². The smallest absolute Gasteiger partial charge is 0.358 e. The fraction of sp³-hybridized carbons (Fsp3) is 0.143. The minimum absolute atomic E-state index is 0.134. The van der Waals surface area contributed by atoms with Gasteiger partial charge in [0.25, 0.3) is 0 Å². The molecule has 7 heteroatoms. The Kier molecular flexibility index (Phi) is 1.77. The molecule has 0 radical (unpaired) electrons. The van der Waals surface area contributed by atoms with Gasteiger partial charge in [0.2, 0.25) is 0 Å². The van der Waals surface area contributed by atoms with Crippen LogP contribution in [0.5, 0.6) is 0 Å². The van der Waals surface area contributed by atoms with Gasteiger partial charge in [0.05, 0.1) is 6.20 Å². The number of nitrogens with zero attached hydrogens (tertiary/aromatic N) is 4. The third kappa shape index (κ3) is 1.35. The molecule has 14 heavy (non-hydrogen) atoms. The fourth-order valence-electron chi connectivity index (χ4n) is 0.935. The van der Waals surface area contributed by atoms with Crippen LogP contribution >= 0.6 is 0 Å². The number of hydrogen-bond donors (Lipinski definition) is 1. The number of carbonyl (C=O) groups is 1. The third-order valence-corrected chi connectivity index (χ3v) is 1.56. The molecule has 2 aromatic heterocycles. The predicted molar refractivity (Wildman–Crippen MR) is 43.1 cm³/mol. The standard InChI is InChI=1S/C7H6N4O3/c1-4-2-6(9-14-4)11-3-5(7(12)13)8-10-11/h2-3H,1H3,(H,12,13). The van der Waals surface area contributed by atoms with Gasteiger partial charge < -0.3 is 9.63 Å². The Morgan fingerprint density at radius 1 is 1.64 bits per heavy atom. The molecule has 2 rings (SSSR count). The number of aryl methyl sites for hydroxylation is 1. The van der Waals surface area contributed by atoms with Crippen LogP contribution in [-0.4, -0.2) is 31.2 Å². The lowest BCUT2D eigenvalue weighted by molar-refractivity contribution is 0.0690. The Balaban J connectivity index is 2.38. The number of carboxylic acids is 1. The van der Waals surface area contributed by atoms with E-state index in [0.717, 1.165) is 0 Å². The van der Waals surface area contributed by atoms with E-state index in [1.165, 1.54) is 10.9 Å². The zero-order valence-electron chi connectivity index (χ0n) is 7.21. The maximum Gasteiger partial charge on any atom is 0.358 e. The number of rotatable bonds is 2. The van der Waals surface area contributed by atoms with Crippen molar-refractivity contribution in [2.75, 3.05) is 0 Å². The van der Waals surface area contributed by atoms with Crippen molar-refractivity contribution in [2.24, 2.45) is 0 Å². The molecule has 2 heterocycles. The van der Waals surface area contributed by atoms with Crippen LogP contribution < -0.4 is 0 Å². The molecule has 7 nitrogen and oxygen atoms in total. The lowest BCUT2D eigenvalue weighted by Crippen LogP contribution is -1.95. The molecule has 0 spiro atoms. The summed E-state index contributed by atoms with van der Waals surface area (Å²) >= 11 is 0. The van der Waals surface area contributed by atoms with Crippen LogP contribution in [0.2, 0.25) is 0 Å². The Morgan fingerprint density at radius 2 is 2.43 bits per heavy atom. The molecular weight excluding hydrogens is 188 g/mol. The van der Waals surface area contributed by atoms with Gasteiger partial charge in [-0.05, 0) is 6.92 Å². The molecule has 0 amide bonds. The van der Waals surface area contributed by atoms with Gasteiger partial charge in [0, 0.05) is 6.07 Å². The van der Waals surface area contributed by atoms with Crippen molar-refractivity contribution in [3.63, 3.8) is 0 Å². The minimum Gasteiger partial charge on any atom is -0.476 e. The topological polar surface area (TPSA) is 94.0 Å². The van der Waals surface area contributed by atoms with Crippen molar-refractivity contribution in [1.82, 2.24) is 20.2 Å². The molecule has 2 aromatic rings. The van der Waals surface area contributed by atoms with Gasteiger partial charge in [-0.3, -0.25) is 0 Å². The number of aromatic nitrogens is 4. The lowest BCUT2D eigenvalue weighted by atomic mass is 10.5. The average molecular weight is 194 g/mol. The zero-order chi connectivity index (χ0) is 10.1. The molecule has 0 unspecified atom stereocenters. The molecule has 0 bridgehead atoms. The van der Waals surface area contributed by atoms with Gasteiger partial charge in [-0.25, -0.2) is 4.79 Å². The van der Waals surface area contributed by atoms with Crippen LogP contribution in [0.4, 0.5) is 0 Å². The second kappa shape index (κ2) is 2.95. The van der Waals surface area contributed by atoms with E-state index in [-0.39, 0.29) is 5.69 Å². The normalized spacial score (nSPS) is 10.4. The first-order valence-electron chi connectivity index (χ1n) is 3.76. The Bertz CT molecular complexity index is 473. The summed E-state index contributed by atoms with van der Waals surface area (Å²) < 4.78 is 6.04. The van der Waals surface area contributed by atoms with Gasteiger partial charge >= 0.3 is 5.97 Å². The van der Waals surface area contributed by atoms with E-state index in [9.17, 15) is 4.79 Å². The van der Waals surface area contributed by atoms with E-state index < -0.39 is 5.97 Å². The first kappa shape index (κ1) is 8.42. The quantitative estimate of drug-likeness (QED) is 0.736. The van der Waals surface area contributed by atoms with Gasteiger partial charge in [-0.15, -0.1) is 5.10 Å². The van der Waals surface area contributed by atoms with E-state index in [0.29, 0.717) is 11.6 Å². The molecule has 0 fully saturated rings. The molecule has 0 saturated carbocycles. The molecule has 0 aromatic carbocycles. The summed E-state index contributed by atoms with van der Waals surface area (Å²) in [5.41, 5.74) is -0.134. The molecule has 0 atom stereocenters. The SMILES string of the molecule is Cc1cc(-n2cc(C(=O)O)nn2)no1. The number of aromatic carboxylic acids is 1. The molecule has 1 N–H and O–H groups in total. The summed E-state index contributed by atoms with van der Waals surface area (Å²) in [6, 6.07) is 1.63.